The highest BCUT2D eigenvalue weighted by molar-refractivity contribution is 5.89. The maximum absolute atomic E-state index is 13.0. The molecule has 26 heavy (non-hydrogen) atoms. The summed E-state index contributed by atoms with van der Waals surface area (Å²) in [5.41, 5.74) is -0.168. The van der Waals surface area contributed by atoms with Gasteiger partial charge < -0.3 is 14.3 Å². The van der Waals surface area contributed by atoms with Crippen molar-refractivity contribution in [2.75, 3.05) is 26.7 Å². The number of hydrogen-bond acceptors (Lipinski definition) is 5. The van der Waals surface area contributed by atoms with Gasteiger partial charge >= 0.3 is 0 Å². The summed E-state index contributed by atoms with van der Waals surface area (Å²) in [5, 5.41) is 4.22. The molecule has 140 valence electrons. The standard InChI is InChI=1S/C19H26N4O3/c1-22-9-13(8-16(22)24)17(25)23-10-14-3-2-6-19(14,11-23)18-20-15(21-26-18)7-12-4-5-12/h12-14H,2-11H2,1H3/t13-,14+,19+/m0/s1. The fourth-order valence-electron chi connectivity index (χ4n) is 5.21. The summed E-state index contributed by atoms with van der Waals surface area (Å²) in [7, 11) is 1.77. The molecule has 4 aliphatic rings. The van der Waals surface area contributed by atoms with Gasteiger partial charge in [0.15, 0.2) is 5.82 Å². The molecule has 0 unspecified atom stereocenters. The minimum absolute atomic E-state index is 0.0686. The number of fused-ring (bicyclic) bond motifs is 1. The normalized spacial score (nSPS) is 34.0. The van der Waals surface area contributed by atoms with E-state index in [0.29, 0.717) is 25.4 Å². The lowest BCUT2D eigenvalue weighted by Crippen LogP contribution is -2.38. The van der Waals surface area contributed by atoms with Crippen molar-refractivity contribution in [1.29, 1.82) is 0 Å². The van der Waals surface area contributed by atoms with Gasteiger partial charge in [0.2, 0.25) is 17.7 Å². The third-order valence-electron chi connectivity index (χ3n) is 6.93. The lowest BCUT2D eigenvalue weighted by Gasteiger charge is -2.25. The van der Waals surface area contributed by atoms with E-state index in [9.17, 15) is 9.59 Å². The van der Waals surface area contributed by atoms with E-state index in [2.05, 4.69) is 5.16 Å². The molecule has 0 radical (unpaired) electrons. The van der Waals surface area contributed by atoms with E-state index in [1.807, 2.05) is 4.90 Å². The summed E-state index contributed by atoms with van der Waals surface area (Å²) in [6.45, 7) is 1.96. The first-order chi connectivity index (χ1) is 12.5. The van der Waals surface area contributed by atoms with Crippen LogP contribution in [0, 0.1) is 17.8 Å². The molecule has 7 heteroatoms. The fourth-order valence-corrected chi connectivity index (χ4v) is 5.21. The zero-order valence-corrected chi connectivity index (χ0v) is 15.3. The molecule has 2 amide bonds. The van der Waals surface area contributed by atoms with Gasteiger partial charge in [-0.25, -0.2) is 0 Å². The van der Waals surface area contributed by atoms with Gasteiger partial charge in [-0.2, -0.15) is 4.98 Å². The van der Waals surface area contributed by atoms with E-state index in [-0.39, 0.29) is 23.1 Å². The van der Waals surface area contributed by atoms with E-state index in [0.717, 1.165) is 49.9 Å². The molecule has 0 aromatic carbocycles. The Bertz CT molecular complexity index is 743. The fraction of sp³-hybridized carbons (Fsp3) is 0.789. The van der Waals surface area contributed by atoms with E-state index in [1.54, 1.807) is 11.9 Å². The average Bonchev–Trinajstić information content (AvgIpc) is 2.95. The van der Waals surface area contributed by atoms with Crippen molar-refractivity contribution >= 4 is 11.8 Å². The second kappa shape index (κ2) is 5.79. The molecule has 4 fully saturated rings. The molecule has 2 saturated carbocycles. The highest BCUT2D eigenvalue weighted by atomic mass is 16.5. The Kier molecular flexibility index (Phi) is 3.62. The Balaban J connectivity index is 1.34. The minimum atomic E-state index is -0.198. The number of rotatable bonds is 4. The zero-order chi connectivity index (χ0) is 17.9. The van der Waals surface area contributed by atoms with Crippen molar-refractivity contribution in [3.8, 4) is 0 Å². The number of likely N-dealkylation sites (tertiary alicyclic amines) is 2. The first kappa shape index (κ1) is 16.3. The second-order valence-electron chi connectivity index (χ2n) is 8.80. The summed E-state index contributed by atoms with van der Waals surface area (Å²) >= 11 is 0. The number of amides is 2. The van der Waals surface area contributed by atoms with Gasteiger partial charge in [0, 0.05) is 39.5 Å². The SMILES string of the molecule is CN1C[C@@H](C(=O)N2C[C@H]3CCC[C@@]3(c3nc(CC4CC4)no3)C2)CC1=O. The number of aromatic nitrogens is 2. The van der Waals surface area contributed by atoms with Crippen molar-refractivity contribution in [1.82, 2.24) is 19.9 Å². The van der Waals surface area contributed by atoms with Gasteiger partial charge in [-0.3, -0.25) is 9.59 Å². The van der Waals surface area contributed by atoms with Crippen LogP contribution < -0.4 is 0 Å². The summed E-state index contributed by atoms with van der Waals surface area (Å²) in [6, 6.07) is 0. The van der Waals surface area contributed by atoms with Crippen LogP contribution >= 0.6 is 0 Å². The summed E-state index contributed by atoms with van der Waals surface area (Å²) in [4.78, 5) is 33.2. The van der Waals surface area contributed by atoms with Crippen LogP contribution in [0.15, 0.2) is 4.52 Å². The van der Waals surface area contributed by atoms with Crippen molar-refractivity contribution < 1.29 is 14.1 Å². The van der Waals surface area contributed by atoms with Crippen molar-refractivity contribution in [2.45, 2.75) is 50.4 Å². The van der Waals surface area contributed by atoms with Crippen LogP contribution in [-0.4, -0.2) is 58.4 Å². The largest absolute Gasteiger partial charge is 0.345 e. The predicted octanol–water partition coefficient (Wildman–Crippen LogP) is 1.38. The molecule has 7 nitrogen and oxygen atoms in total. The van der Waals surface area contributed by atoms with Crippen molar-refractivity contribution in [3.05, 3.63) is 11.7 Å². The first-order valence-corrected chi connectivity index (χ1v) is 9.91. The summed E-state index contributed by atoms with van der Waals surface area (Å²) < 4.78 is 5.71. The van der Waals surface area contributed by atoms with Crippen LogP contribution in [0.3, 0.4) is 0 Å². The molecule has 3 atom stereocenters. The van der Waals surface area contributed by atoms with Gasteiger partial charge in [0.05, 0.1) is 11.3 Å². The molecule has 0 N–H and O–H groups in total. The highest BCUT2D eigenvalue weighted by Crippen LogP contribution is 2.50. The van der Waals surface area contributed by atoms with Gasteiger partial charge in [-0.05, 0) is 37.5 Å². The quantitative estimate of drug-likeness (QED) is 0.812. The van der Waals surface area contributed by atoms with E-state index in [1.165, 1.54) is 12.8 Å². The lowest BCUT2D eigenvalue weighted by molar-refractivity contribution is -0.135. The molecule has 2 aliphatic heterocycles. The highest BCUT2D eigenvalue weighted by Gasteiger charge is 2.56. The predicted molar refractivity (Wildman–Crippen MR) is 92.1 cm³/mol. The second-order valence-corrected chi connectivity index (χ2v) is 8.80. The molecule has 2 saturated heterocycles. The van der Waals surface area contributed by atoms with Crippen LogP contribution in [-0.2, 0) is 21.4 Å². The molecule has 1 aromatic heterocycles. The maximum Gasteiger partial charge on any atom is 0.235 e. The molecule has 1 aromatic rings. The van der Waals surface area contributed by atoms with E-state index < -0.39 is 0 Å². The zero-order valence-electron chi connectivity index (χ0n) is 15.3. The molecule has 3 heterocycles. The number of carbonyl (C=O) groups is 2. The van der Waals surface area contributed by atoms with E-state index >= 15 is 0 Å². The number of nitrogens with zero attached hydrogens (tertiary/aromatic N) is 4. The number of carbonyl (C=O) groups excluding carboxylic acids is 2. The molecule has 0 bridgehead atoms. The third-order valence-corrected chi connectivity index (χ3v) is 6.93. The Hall–Kier alpha value is -1.92. The topological polar surface area (TPSA) is 79.5 Å². The molecular weight excluding hydrogens is 332 g/mol. The molecule has 0 spiro atoms. The Morgan fingerprint density at radius 1 is 1.31 bits per heavy atom. The van der Waals surface area contributed by atoms with Gasteiger partial charge in [-0.15, -0.1) is 0 Å². The summed E-state index contributed by atoms with van der Waals surface area (Å²) in [6.07, 6.45) is 7.07. The lowest BCUT2D eigenvalue weighted by atomic mass is 9.80. The molecule has 2 aliphatic carbocycles. The van der Waals surface area contributed by atoms with Crippen LogP contribution in [0.5, 0.6) is 0 Å². The number of hydrogen-bond donors (Lipinski definition) is 0. The first-order valence-electron chi connectivity index (χ1n) is 9.91. The van der Waals surface area contributed by atoms with Gasteiger partial charge in [0.25, 0.3) is 0 Å². The Morgan fingerprint density at radius 3 is 2.88 bits per heavy atom. The minimum Gasteiger partial charge on any atom is -0.345 e. The van der Waals surface area contributed by atoms with Crippen LogP contribution in [0.25, 0.3) is 0 Å². The van der Waals surface area contributed by atoms with E-state index in [4.69, 9.17) is 9.51 Å². The maximum atomic E-state index is 13.0. The van der Waals surface area contributed by atoms with Crippen molar-refractivity contribution in [3.63, 3.8) is 0 Å². The summed E-state index contributed by atoms with van der Waals surface area (Å²) in [5.74, 6) is 2.69. The average molecular weight is 358 g/mol. The van der Waals surface area contributed by atoms with Gasteiger partial charge in [0.1, 0.15) is 0 Å². The molecular formula is C19H26N4O3. The monoisotopic (exact) mass is 358 g/mol. The molecule has 5 rings (SSSR count). The Labute approximate surface area is 153 Å². The van der Waals surface area contributed by atoms with Crippen LogP contribution in [0.2, 0.25) is 0 Å². The Morgan fingerprint density at radius 2 is 2.15 bits per heavy atom. The van der Waals surface area contributed by atoms with Crippen LogP contribution in [0.1, 0.15) is 50.2 Å². The smallest absolute Gasteiger partial charge is 0.235 e. The van der Waals surface area contributed by atoms with Crippen molar-refractivity contribution in [2.24, 2.45) is 17.8 Å². The van der Waals surface area contributed by atoms with Gasteiger partial charge in [-0.1, -0.05) is 11.6 Å². The third kappa shape index (κ3) is 2.55. The van der Waals surface area contributed by atoms with Crippen LogP contribution in [0.4, 0.5) is 0 Å².